The number of nitrogens with zero attached hydrogens (tertiary/aromatic N) is 2. The number of hydrogen-bond acceptors (Lipinski definition) is 4. The number of aliphatic hydroxyl groups is 1. The van der Waals surface area contributed by atoms with Crippen LogP contribution in [0.5, 0.6) is 0 Å². The van der Waals surface area contributed by atoms with Gasteiger partial charge in [0.2, 0.25) is 0 Å². The van der Waals surface area contributed by atoms with Crippen LogP contribution in [0.2, 0.25) is 5.02 Å². The van der Waals surface area contributed by atoms with Crippen molar-refractivity contribution in [3.05, 3.63) is 71.5 Å². The predicted molar refractivity (Wildman–Crippen MR) is 88.1 cm³/mol. The van der Waals surface area contributed by atoms with E-state index in [9.17, 15) is 5.11 Å². The maximum Gasteiger partial charge on any atom is 0.149 e. The van der Waals surface area contributed by atoms with Crippen LogP contribution in [0.1, 0.15) is 5.56 Å². The Morgan fingerprint density at radius 1 is 1.05 bits per heavy atom. The monoisotopic (exact) mass is 311 g/mol. The molecule has 110 valence electrons. The molecule has 1 heterocycles. The molecule has 0 spiro atoms. The number of nitrogens with one attached hydrogen (secondary N) is 1. The van der Waals surface area contributed by atoms with Crippen LogP contribution < -0.4 is 5.32 Å². The van der Waals surface area contributed by atoms with Crippen LogP contribution in [0.15, 0.2) is 60.9 Å². The predicted octanol–water partition coefficient (Wildman–Crippen LogP) is 4.03. The molecule has 0 amide bonds. The molecule has 3 rings (SSSR count). The van der Waals surface area contributed by atoms with E-state index in [0.29, 0.717) is 16.5 Å². The van der Waals surface area contributed by atoms with Crippen molar-refractivity contribution in [2.45, 2.75) is 6.61 Å². The van der Waals surface area contributed by atoms with Gasteiger partial charge in [0.05, 0.1) is 24.7 Å². The number of aromatic nitrogens is 2. The van der Waals surface area contributed by atoms with Crippen molar-refractivity contribution in [3.8, 4) is 11.3 Å². The Kier molecular flexibility index (Phi) is 4.32. The molecule has 4 nitrogen and oxygen atoms in total. The Labute approximate surface area is 133 Å². The van der Waals surface area contributed by atoms with Crippen LogP contribution in [0, 0.1) is 0 Å². The molecule has 0 saturated heterocycles. The van der Waals surface area contributed by atoms with Gasteiger partial charge in [0, 0.05) is 16.3 Å². The fraction of sp³-hybridized carbons (Fsp3) is 0.0588. The van der Waals surface area contributed by atoms with Crippen LogP contribution in [0.25, 0.3) is 11.3 Å². The van der Waals surface area contributed by atoms with Crippen LogP contribution in [-0.4, -0.2) is 15.1 Å². The standard InChI is InChI=1S/C17H14ClN3O/c18-13-5-3-6-14(8-13)20-17-10-19-9-16(21-17)15-7-2-1-4-12(15)11-22/h1-10,22H,11H2,(H,20,21). The summed E-state index contributed by atoms with van der Waals surface area (Å²) in [6.45, 7) is -0.0379. The van der Waals surface area contributed by atoms with E-state index in [1.54, 1.807) is 12.4 Å². The minimum absolute atomic E-state index is 0.0379. The number of hydrogen-bond donors (Lipinski definition) is 2. The summed E-state index contributed by atoms with van der Waals surface area (Å²) < 4.78 is 0. The molecular formula is C17H14ClN3O. The van der Waals surface area contributed by atoms with Gasteiger partial charge in [-0.05, 0) is 23.8 Å². The van der Waals surface area contributed by atoms with Crippen molar-refractivity contribution >= 4 is 23.1 Å². The van der Waals surface area contributed by atoms with Crippen LogP contribution in [0.4, 0.5) is 11.5 Å². The van der Waals surface area contributed by atoms with Crippen molar-refractivity contribution in [2.75, 3.05) is 5.32 Å². The Hall–Kier alpha value is -2.43. The highest BCUT2D eigenvalue weighted by Crippen LogP contribution is 2.24. The van der Waals surface area contributed by atoms with Crippen molar-refractivity contribution in [1.82, 2.24) is 9.97 Å². The zero-order chi connectivity index (χ0) is 15.4. The van der Waals surface area contributed by atoms with Gasteiger partial charge < -0.3 is 10.4 Å². The molecule has 0 unspecified atom stereocenters. The third kappa shape index (κ3) is 3.24. The van der Waals surface area contributed by atoms with Crippen molar-refractivity contribution in [3.63, 3.8) is 0 Å². The highest BCUT2D eigenvalue weighted by Gasteiger charge is 2.07. The van der Waals surface area contributed by atoms with Crippen molar-refractivity contribution in [1.29, 1.82) is 0 Å². The summed E-state index contributed by atoms with van der Waals surface area (Å²) in [5.41, 5.74) is 3.23. The smallest absolute Gasteiger partial charge is 0.149 e. The molecule has 5 heteroatoms. The molecule has 0 saturated carbocycles. The van der Waals surface area contributed by atoms with E-state index in [0.717, 1.165) is 16.8 Å². The summed E-state index contributed by atoms with van der Waals surface area (Å²) >= 11 is 5.97. The first kappa shape index (κ1) is 14.5. The maximum atomic E-state index is 9.44. The lowest BCUT2D eigenvalue weighted by molar-refractivity contribution is 0.282. The molecular weight excluding hydrogens is 298 g/mol. The number of halogens is 1. The van der Waals surface area contributed by atoms with Gasteiger partial charge in [0.15, 0.2) is 0 Å². The minimum Gasteiger partial charge on any atom is -0.392 e. The Bertz CT molecular complexity index is 792. The number of aliphatic hydroxyl groups excluding tert-OH is 1. The van der Waals surface area contributed by atoms with E-state index < -0.39 is 0 Å². The average Bonchev–Trinajstić information content (AvgIpc) is 2.55. The van der Waals surface area contributed by atoms with E-state index in [1.807, 2.05) is 48.5 Å². The first-order valence-corrected chi connectivity index (χ1v) is 7.18. The van der Waals surface area contributed by atoms with Crippen LogP contribution >= 0.6 is 11.6 Å². The molecule has 0 aliphatic rings. The summed E-state index contributed by atoms with van der Waals surface area (Å²) in [5.74, 6) is 0.618. The third-order valence-electron chi connectivity index (χ3n) is 3.20. The minimum atomic E-state index is -0.0379. The Morgan fingerprint density at radius 2 is 1.91 bits per heavy atom. The van der Waals surface area contributed by atoms with Crippen molar-refractivity contribution in [2.24, 2.45) is 0 Å². The molecule has 0 bridgehead atoms. The Morgan fingerprint density at radius 3 is 2.73 bits per heavy atom. The quantitative estimate of drug-likeness (QED) is 0.763. The molecule has 0 aliphatic heterocycles. The first-order valence-electron chi connectivity index (χ1n) is 6.80. The third-order valence-corrected chi connectivity index (χ3v) is 3.43. The number of anilines is 2. The van der Waals surface area contributed by atoms with Gasteiger partial charge >= 0.3 is 0 Å². The molecule has 2 N–H and O–H groups in total. The Balaban J connectivity index is 1.93. The zero-order valence-electron chi connectivity index (χ0n) is 11.7. The fourth-order valence-electron chi connectivity index (χ4n) is 2.18. The molecule has 0 aliphatic carbocycles. The van der Waals surface area contributed by atoms with E-state index in [2.05, 4.69) is 15.3 Å². The van der Waals surface area contributed by atoms with Gasteiger partial charge in [-0.3, -0.25) is 4.98 Å². The highest BCUT2D eigenvalue weighted by atomic mass is 35.5. The normalized spacial score (nSPS) is 10.5. The van der Waals surface area contributed by atoms with E-state index in [-0.39, 0.29) is 6.61 Å². The average molecular weight is 312 g/mol. The van der Waals surface area contributed by atoms with E-state index >= 15 is 0 Å². The fourth-order valence-corrected chi connectivity index (χ4v) is 2.37. The van der Waals surface area contributed by atoms with Crippen LogP contribution in [0.3, 0.4) is 0 Å². The van der Waals surface area contributed by atoms with Gasteiger partial charge in [-0.25, -0.2) is 4.98 Å². The SMILES string of the molecule is OCc1ccccc1-c1cncc(Nc2cccc(Cl)c2)n1. The largest absolute Gasteiger partial charge is 0.392 e. The van der Waals surface area contributed by atoms with Gasteiger partial charge in [0.25, 0.3) is 0 Å². The summed E-state index contributed by atoms with van der Waals surface area (Å²) in [4.78, 5) is 8.76. The highest BCUT2D eigenvalue weighted by molar-refractivity contribution is 6.30. The maximum absolute atomic E-state index is 9.44. The van der Waals surface area contributed by atoms with Gasteiger partial charge in [-0.15, -0.1) is 0 Å². The van der Waals surface area contributed by atoms with Gasteiger partial charge in [0.1, 0.15) is 5.82 Å². The van der Waals surface area contributed by atoms with E-state index in [4.69, 9.17) is 11.6 Å². The van der Waals surface area contributed by atoms with E-state index in [1.165, 1.54) is 0 Å². The summed E-state index contributed by atoms with van der Waals surface area (Å²) in [6.07, 6.45) is 3.32. The lowest BCUT2D eigenvalue weighted by Crippen LogP contribution is -1.98. The molecule has 3 aromatic rings. The molecule has 22 heavy (non-hydrogen) atoms. The second-order valence-electron chi connectivity index (χ2n) is 4.74. The zero-order valence-corrected chi connectivity index (χ0v) is 12.5. The lowest BCUT2D eigenvalue weighted by Gasteiger charge is -2.09. The van der Waals surface area contributed by atoms with Gasteiger partial charge in [-0.1, -0.05) is 41.9 Å². The first-order chi connectivity index (χ1) is 10.8. The molecule has 0 fully saturated rings. The molecule has 1 aromatic heterocycles. The topological polar surface area (TPSA) is 58.0 Å². The lowest BCUT2D eigenvalue weighted by atomic mass is 10.1. The second-order valence-corrected chi connectivity index (χ2v) is 5.18. The number of rotatable bonds is 4. The summed E-state index contributed by atoms with van der Waals surface area (Å²) in [7, 11) is 0. The van der Waals surface area contributed by atoms with Gasteiger partial charge in [-0.2, -0.15) is 0 Å². The van der Waals surface area contributed by atoms with Crippen molar-refractivity contribution < 1.29 is 5.11 Å². The summed E-state index contributed by atoms with van der Waals surface area (Å²) in [6, 6.07) is 15.0. The summed E-state index contributed by atoms with van der Waals surface area (Å²) in [5, 5.41) is 13.3. The molecule has 0 atom stereocenters. The second kappa shape index (κ2) is 6.56. The molecule has 0 radical (unpaired) electrons. The number of benzene rings is 2. The molecule has 2 aromatic carbocycles. The van der Waals surface area contributed by atoms with Crippen LogP contribution in [-0.2, 0) is 6.61 Å².